The molecule has 0 saturated carbocycles. The van der Waals surface area contributed by atoms with Crippen LogP contribution in [0.25, 0.3) is 0 Å². The third-order valence-electron chi connectivity index (χ3n) is 10.6. The number of carbonyl (C=O) groups is 1. The molecule has 12 unspecified atom stereocenters. The maximum Gasteiger partial charge on any atom is 0.220 e. The van der Waals surface area contributed by atoms with Gasteiger partial charge in [0, 0.05) is 6.42 Å². The summed E-state index contributed by atoms with van der Waals surface area (Å²) in [6, 6.07) is -0.978. The third-order valence-corrected chi connectivity index (χ3v) is 10.6. The maximum absolute atomic E-state index is 13.1. The molecule has 9 N–H and O–H groups in total. The molecule has 2 aliphatic heterocycles. The molecule has 12 atom stereocenters. The summed E-state index contributed by atoms with van der Waals surface area (Å²) in [5, 5.41) is 86.4. The highest BCUT2D eigenvalue weighted by atomic mass is 16.7. The summed E-state index contributed by atoms with van der Waals surface area (Å²) in [6.07, 6.45) is 26.5. The number of aliphatic hydroxyl groups is 8. The summed E-state index contributed by atoms with van der Waals surface area (Å²) in [4.78, 5) is 13.1. The summed E-state index contributed by atoms with van der Waals surface area (Å²) in [5.74, 6) is -0.339. The highest BCUT2D eigenvalue weighted by Gasteiger charge is 2.50. The lowest BCUT2D eigenvalue weighted by molar-refractivity contribution is -0.359. The Kier molecular flexibility index (Phi) is 30.8. The van der Waals surface area contributed by atoms with Gasteiger partial charge in [0.1, 0.15) is 48.8 Å². The minimum absolute atomic E-state index is 0.144. The second kappa shape index (κ2) is 34.6. The van der Waals surface area contributed by atoms with Crippen LogP contribution >= 0.6 is 0 Å². The molecule has 354 valence electrons. The fourth-order valence-corrected chi connectivity index (χ4v) is 6.80. The standard InChI is InChI=1S/C48H79NO13/c1-3-5-7-9-11-13-15-17-18-20-21-23-25-27-29-31-37(52)36(49-40(53)32-30-28-26-24-22-19-16-14-12-10-8-6-4-2)35-59-47-45(58)43(56)46(39(34-51)61-47)62-48-44(57)42(55)41(54)38(33-50)60-48/h6,8,12,14-15,17,19,21-23,26,28-29,31,36-39,41-48,50-52,54-58H,3-5,7,9-11,13,16,18,20,24-25,27,30,32-35H2,1-2H3,(H,49,53)/b8-6-,14-12-,17-15+,22-19-,23-21+,28-26-,31-29+. The van der Waals surface area contributed by atoms with Crippen molar-refractivity contribution >= 4 is 5.91 Å². The van der Waals surface area contributed by atoms with Gasteiger partial charge >= 0.3 is 0 Å². The van der Waals surface area contributed by atoms with E-state index in [1.165, 1.54) is 32.1 Å². The molecule has 2 aliphatic rings. The van der Waals surface area contributed by atoms with Gasteiger partial charge in [-0.2, -0.15) is 0 Å². The van der Waals surface area contributed by atoms with Crippen LogP contribution in [-0.4, -0.2) is 140 Å². The van der Waals surface area contributed by atoms with E-state index in [2.05, 4.69) is 79.9 Å². The van der Waals surface area contributed by atoms with Gasteiger partial charge in [-0.15, -0.1) is 0 Å². The fraction of sp³-hybridized carbons (Fsp3) is 0.688. The largest absolute Gasteiger partial charge is 0.394 e. The van der Waals surface area contributed by atoms with Crippen molar-refractivity contribution in [2.24, 2.45) is 0 Å². The molecule has 0 aromatic carbocycles. The second-order valence-corrected chi connectivity index (χ2v) is 15.8. The van der Waals surface area contributed by atoms with Crippen LogP contribution in [0.3, 0.4) is 0 Å². The van der Waals surface area contributed by atoms with Gasteiger partial charge in [0.25, 0.3) is 0 Å². The molecule has 2 heterocycles. The monoisotopic (exact) mass is 878 g/mol. The molecule has 62 heavy (non-hydrogen) atoms. The van der Waals surface area contributed by atoms with Crippen LogP contribution in [-0.2, 0) is 23.7 Å². The average molecular weight is 878 g/mol. The lowest BCUT2D eigenvalue weighted by Crippen LogP contribution is -2.65. The molecular formula is C48H79NO13. The van der Waals surface area contributed by atoms with Gasteiger partial charge in [-0.1, -0.05) is 125 Å². The van der Waals surface area contributed by atoms with Gasteiger partial charge in [0.2, 0.25) is 5.91 Å². The molecule has 0 aromatic rings. The van der Waals surface area contributed by atoms with Crippen molar-refractivity contribution in [2.75, 3.05) is 19.8 Å². The number of unbranched alkanes of at least 4 members (excludes halogenated alkanes) is 7. The van der Waals surface area contributed by atoms with E-state index in [-0.39, 0.29) is 18.9 Å². The Bertz CT molecular complexity index is 1360. The number of aliphatic hydroxyl groups excluding tert-OH is 8. The molecule has 0 bridgehead atoms. The Morgan fingerprint density at radius 2 is 1.13 bits per heavy atom. The number of nitrogens with one attached hydrogen (secondary N) is 1. The topological polar surface area (TPSA) is 228 Å². The Morgan fingerprint density at radius 3 is 1.74 bits per heavy atom. The molecule has 1 amide bonds. The van der Waals surface area contributed by atoms with Crippen molar-refractivity contribution < 1.29 is 64.6 Å². The van der Waals surface area contributed by atoms with Crippen LogP contribution < -0.4 is 5.32 Å². The van der Waals surface area contributed by atoms with E-state index in [0.717, 1.165) is 51.4 Å². The molecule has 14 nitrogen and oxygen atoms in total. The molecule has 0 aromatic heterocycles. The number of hydrogen-bond donors (Lipinski definition) is 9. The molecule has 14 heteroatoms. The third kappa shape index (κ3) is 22.2. The van der Waals surface area contributed by atoms with E-state index in [1.807, 2.05) is 18.2 Å². The van der Waals surface area contributed by atoms with Crippen molar-refractivity contribution in [3.63, 3.8) is 0 Å². The van der Waals surface area contributed by atoms with Gasteiger partial charge in [-0.25, -0.2) is 0 Å². The van der Waals surface area contributed by atoms with Crippen LogP contribution in [0.5, 0.6) is 0 Å². The summed E-state index contributed by atoms with van der Waals surface area (Å²) >= 11 is 0. The van der Waals surface area contributed by atoms with E-state index < -0.39 is 86.8 Å². The highest BCUT2D eigenvalue weighted by molar-refractivity contribution is 5.76. The predicted octanol–water partition coefficient (Wildman–Crippen LogP) is 4.65. The number of allylic oxidation sites excluding steroid dienone is 13. The number of rotatable bonds is 32. The smallest absolute Gasteiger partial charge is 0.220 e. The molecular weight excluding hydrogens is 799 g/mol. The summed E-state index contributed by atoms with van der Waals surface area (Å²) in [7, 11) is 0. The minimum atomic E-state index is -1.80. The Labute approximate surface area is 370 Å². The van der Waals surface area contributed by atoms with E-state index in [9.17, 15) is 45.6 Å². The zero-order chi connectivity index (χ0) is 45.4. The SMILES string of the molecule is CC/C=C\C/C=C\C/C=C\C/C=C\CCC(=O)NC(COC1OC(CO)C(OC2OC(CO)C(O)C(O)C2O)C(O)C1O)C(O)/C=C/CC/C=C/CC/C=C/CCCCCCC. The van der Waals surface area contributed by atoms with Crippen molar-refractivity contribution in [1.82, 2.24) is 5.32 Å². The highest BCUT2D eigenvalue weighted by Crippen LogP contribution is 2.29. The molecule has 2 fully saturated rings. The maximum atomic E-state index is 13.1. The lowest BCUT2D eigenvalue weighted by Gasteiger charge is -2.46. The van der Waals surface area contributed by atoms with Crippen molar-refractivity contribution in [3.05, 3.63) is 85.1 Å². The first kappa shape index (κ1) is 55.3. The first-order valence-corrected chi connectivity index (χ1v) is 22.8. The van der Waals surface area contributed by atoms with Gasteiger partial charge in [-0.3, -0.25) is 4.79 Å². The first-order chi connectivity index (χ1) is 30.1. The van der Waals surface area contributed by atoms with Crippen LogP contribution in [0.4, 0.5) is 0 Å². The average Bonchev–Trinajstić information content (AvgIpc) is 3.27. The zero-order valence-corrected chi connectivity index (χ0v) is 37.1. The molecule has 2 rings (SSSR count). The first-order valence-electron chi connectivity index (χ1n) is 22.8. The van der Waals surface area contributed by atoms with Gasteiger partial charge in [0.15, 0.2) is 12.6 Å². The number of hydrogen-bond acceptors (Lipinski definition) is 13. The molecule has 2 saturated heterocycles. The van der Waals surface area contributed by atoms with E-state index in [1.54, 1.807) is 6.08 Å². The van der Waals surface area contributed by atoms with E-state index in [0.29, 0.717) is 12.8 Å². The summed E-state index contributed by atoms with van der Waals surface area (Å²) in [5.41, 5.74) is 0. The lowest BCUT2D eigenvalue weighted by atomic mass is 9.97. The van der Waals surface area contributed by atoms with Gasteiger partial charge < -0.3 is 65.1 Å². The normalized spacial score (nSPS) is 28.5. The Morgan fingerprint density at radius 1 is 0.597 bits per heavy atom. The minimum Gasteiger partial charge on any atom is -0.394 e. The number of carbonyl (C=O) groups excluding carboxylic acids is 1. The van der Waals surface area contributed by atoms with Crippen molar-refractivity contribution in [1.29, 1.82) is 0 Å². The van der Waals surface area contributed by atoms with Crippen LogP contribution in [0, 0.1) is 0 Å². The van der Waals surface area contributed by atoms with Crippen molar-refractivity contribution in [3.8, 4) is 0 Å². The number of ether oxygens (including phenoxy) is 4. The Hall–Kier alpha value is -2.83. The number of amides is 1. The second-order valence-electron chi connectivity index (χ2n) is 15.8. The zero-order valence-electron chi connectivity index (χ0n) is 37.1. The van der Waals surface area contributed by atoms with Crippen LogP contribution in [0.2, 0.25) is 0 Å². The summed E-state index contributed by atoms with van der Waals surface area (Å²) in [6.45, 7) is 2.53. The van der Waals surface area contributed by atoms with E-state index in [4.69, 9.17) is 18.9 Å². The predicted molar refractivity (Wildman–Crippen MR) is 239 cm³/mol. The van der Waals surface area contributed by atoms with Gasteiger partial charge in [0.05, 0.1) is 32.0 Å². The van der Waals surface area contributed by atoms with E-state index >= 15 is 0 Å². The quantitative estimate of drug-likeness (QED) is 0.0332. The molecule has 0 spiro atoms. The van der Waals surface area contributed by atoms with Crippen molar-refractivity contribution in [2.45, 2.75) is 190 Å². The van der Waals surface area contributed by atoms with Gasteiger partial charge in [-0.05, 0) is 70.6 Å². The van der Waals surface area contributed by atoms with Crippen LogP contribution in [0.1, 0.15) is 117 Å². The summed E-state index contributed by atoms with van der Waals surface area (Å²) < 4.78 is 22.5. The molecule has 0 radical (unpaired) electrons. The Balaban J connectivity index is 1.97. The van der Waals surface area contributed by atoms with Crippen LogP contribution in [0.15, 0.2) is 85.1 Å². The fourth-order valence-electron chi connectivity index (χ4n) is 6.80. The molecule has 0 aliphatic carbocycles.